The van der Waals surface area contributed by atoms with Gasteiger partial charge in [0.05, 0.1) is 5.75 Å². The molecule has 1 N–H and O–H groups in total. The highest BCUT2D eigenvalue weighted by Crippen LogP contribution is 2.27. The summed E-state index contributed by atoms with van der Waals surface area (Å²) in [4.78, 5) is 0. The summed E-state index contributed by atoms with van der Waals surface area (Å²) in [7, 11) is 4.00. The van der Waals surface area contributed by atoms with Gasteiger partial charge in [-0.15, -0.1) is 20.4 Å². The third-order valence-corrected chi connectivity index (χ3v) is 4.72. The van der Waals surface area contributed by atoms with Gasteiger partial charge in [0, 0.05) is 20.0 Å². The van der Waals surface area contributed by atoms with Gasteiger partial charge in [0.25, 0.3) is 0 Å². The van der Waals surface area contributed by atoms with Crippen LogP contribution in [0.5, 0.6) is 0 Å². The van der Waals surface area contributed by atoms with E-state index in [1.165, 1.54) is 0 Å². The summed E-state index contributed by atoms with van der Waals surface area (Å²) < 4.78 is 4.05. The van der Waals surface area contributed by atoms with Crippen molar-refractivity contribution in [3.05, 3.63) is 18.0 Å². The minimum atomic E-state index is 0.526. The van der Waals surface area contributed by atoms with Crippen LogP contribution >= 0.6 is 11.8 Å². The van der Waals surface area contributed by atoms with Crippen LogP contribution in [0.15, 0.2) is 11.5 Å². The Balaban J connectivity index is 1.68. The largest absolute Gasteiger partial charge is 0.320 e. The lowest BCUT2D eigenvalue weighted by Crippen LogP contribution is -2.27. The lowest BCUT2D eigenvalue weighted by Gasteiger charge is -2.21. The molecule has 0 spiro atoms. The molecule has 0 amide bonds. The lowest BCUT2D eigenvalue weighted by atomic mass is 9.97. The van der Waals surface area contributed by atoms with Crippen molar-refractivity contribution in [1.29, 1.82) is 0 Å². The van der Waals surface area contributed by atoms with Gasteiger partial charge in [-0.3, -0.25) is 0 Å². The van der Waals surface area contributed by atoms with Gasteiger partial charge in [0.2, 0.25) is 0 Å². The van der Waals surface area contributed by atoms with E-state index in [9.17, 15) is 0 Å². The molecule has 3 heterocycles. The molecule has 108 valence electrons. The number of hydrogen-bond donors (Lipinski definition) is 1. The Hall–Kier alpha value is -1.41. The molecule has 0 saturated carbocycles. The second-order valence-corrected chi connectivity index (χ2v) is 6.01. The van der Waals surface area contributed by atoms with Gasteiger partial charge in [-0.2, -0.15) is 0 Å². The normalized spacial score (nSPS) is 16.7. The Labute approximate surface area is 122 Å². The molecule has 7 nitrogen and oxygen atoms in total. The molecule has 0 aliphatic carbocycles. The van der Waals surface area contributed by atoms with Gasteiger partial charge in [-0.25, -0.2) is 0 Å². The molecule has 2 aromatic rings. The highest BCUT2D eigenvalue weighted by atomic mass is 32.2. The van der Waals surface area contributed by atoms with Crippen LogP contribution in [0, 0.1) is 0 Å². The summed E-state index contributed by atoms with van der Waals surface area (Å²) in [5.74, 6) is 3.33. The highest BCUT2D eigenvalue weighted by molar-refractivity contribution is 7.98. The van der Waals surface area contributed by atoms with Crippen LogP contribution in [0.4, 0.5) is 0 Å². The van der Waals surface area contributed by atoms with Crippen molar-refractivity contribution in [3.63, 3.8) is 0 Å². The SMILES string of the molecule is Cn1cnnc1CSc1nnc(C2CCNCC2)n1C. The van der Waals surface area contributed by atoms with Crippen LogP contribution in [-0.2, 0) is 19.8 Å². The molecule has 1 fully saturated rings. The van der Waals surface area contributed by atoms with Crippen LogP contribution in [0.1, 0.15) is 30.4 Å². The molecule has 8 heteroatoms. The summed E-state index contributed by atoms with van der Waals surface area (Å²) >= 11 is 1.65. The number of aromatic nitrogens is 6. The number of hydrogen-bond acceptors (Lipinski definition) is 6. The van der Waals surface area contributed by atoms with Gasteiger partial charge in [0.15, 0.2) is 5.16 Å². The van der Waals surface area contributed by atoms with Crippen molar-refractivity contribution in [3.8, 4) is 0 Å². The summed E-state index contributed by atoms with van der Waals surface area (Å²) in [6.45, 7) is 2.14. The first-order valence-corrected chi connectivity index (χ1v) is 7.80. The standard InChI is InChI=1S/C12H19N7S/c1-18-8-14-15-10(18)7-20-12-17-16-11(19(12)2)9-3-5-13-6-4-9/h8-9,13H,3-7H2,1-2H3. The third kappa shape index (κ3) is 2.71. The van der Waals surface area contributed by atoms with E-state index in [1.807, 2.05) is 11.6 Å². The van der Waals surface area contributed by atoms with Gasteiger partial charge in [0.1, 0.15) is 18.0 Å². The third-order valence-electron chi connectivity index (χ3n) is 3.71. The van der Waals surface area contributed by atoms with Crippen LogP contribution in [0.25, 0.3) is 0 Å². The van der Waals surface area contributed by atoms with E-state index in [2.05, 4.69) is 37.3 Å². The number of thioether (sulfide) groups is 1. The molecule has 3 rings (SSSR count). The predicted molar refractivity (Wildman–Crippen MR) is 76.4 cm³/mol. The van der Waals surface area contributed by atoms with Gasteiger partial charge >= 0.3 is 0 Å². The fourth-order valence-corrected chi connectivity index (χ4v) is 3.36. The fraction of sp³-hybridized carbons (Fsp3) is 0.667. The Bertz CT molecular complexity index is 570. The average molecular weight is 293 g/mol. The molecular formula is C12H19N7S. The first kappa shape index (κ1) is 13.6. The maximum Gasteiger partial charge on any atom is 0.191 e. The minimum Gasteiger partial charge on any atom is -0.320 e. The summed E-state index contributed by atoms with van der Waals surface area (Å²) in [5, 5.41) is 21.0. The minimum absolute atomic E-state index is 0.526. The molecule has 20 heavy (non-hydrogen) atoms. The Kier molecular flexibility index (Phi) is 4.02. The molecule has 0 unspecified atom stereocenters. The van der Waals surface area contributed by atoms with Gasteiger partial charge < -0.3 is 14.5 Å². The van der Waals surface area contributed by atoms with E-state index in [4.69, 9.17) is 0 Å². The van der Waals surface area contributed by atoms with Gasteiger partial charge in [-0.1, -0.05) is 11.8 Å². The molecule has 1 aliphatic heterocycles. The van der Waals surface area contributed by atoms with Crippen LogP contribution in [0.3, 0.4) is 0 Å². The molecule has 2 aromatic heterocycles. The van der Waals surface area contributed by atoms with Crippen LogP contribution in [0.2, 0.25) is 0 Å². The molecule has 0 atom stereocenters. The maximum absolute atomic E-state index is 4.38. The predicted octanol–water partition coefficient (Wildman–Crippen LogP) is 0.703. The second kappa shape index (κ2) is 5.92. The number of rotatable bonds is 4. The molecular weight excluding hydrogens is 274 g/mol. The van der Waals surface area contributed by atoms with Gasteiger partial charge in [-0.05, 0) is 25.9 Å². The smallest absolute Gasteiger partial charge is 0.191 e. The maximum atomic E-state index is 4.38. The molecule has 1 aliphatic rings. The number of nitrogens with zero attached hydrogens (tertiary/aromatic N) is 6. The van der Waals surface area contributed by atoms with Crippen molar-refractivity contribution in [2.45, 2.75) is 29.7 Å². The number of piperidine rings is 1. The van der Waals surface area contributed by atoms with Crippen molar-refractivity contribution in [1.82, 2.24) is 34.8 Å². The Morgan fingerprint density at radius 3 is 2.75 bits per heavy atom. The zero-order valence-electron chi connectivity index (χ0n) is 11.8. The van der Waals surface area contributed by atoms with E-state index in [1.54, 1.807) is 18.1 Å². The molecule has 0 bridgehead atoms. The Morgan fingerprint density at radius 1 is 1.25 bits per heavy atom. The quantitative estimate of drug-likeness (QED) is 0.837. The lowest BCUT2D eigenvalue weighted by molar-refractivity contribution is 0.434. The summed E-state index contributed by atoms with van der Waals surface area (Å²) in [5.41, 5.74) is 0. The van der Waals surface area contributed by atoms with Crippen molar-refractivity contribution in [2.75, 3.05) is 13.1 Å². The van der Waals surface area contributed by atoms with E-state index < -0.39 is 0 Å². The topological polar surface area (TPSA) is 73.4 Å². The van der Waals surface area contributed by atoms with E-state index in [0.717, 1.165) is 48.5 Å². The van der Waals surface area contributed by atoms with Crippen molar-refractivity contribution < 1.29 is 0 Å². The second-order valence-electron chi connectivity index (χ2n) is 5.07. The van der Waals surface area contributed by atoms with E-state index in [-0.39, 0.29) is 0 Å². The molecule has 0 radical (unpaired) electrons. The monoisotopic (exact) mass is 293 g/mol. The first-order chi connectivity index (χ1) is 9.75. The van der Waals surface area contributed by atoms with Crippen LogP contribution in [-0.4, -0.2) is 42.6 Å². The molecule has 0 aromatic carbocycles. The Morgan fingerprint density at radius 2 is 2.05 bits per heavy atom. The van der Waals surface area contributed by atoms with E-state index in [0.29, 0.717) is 5.92 Å². The number of aryl methyl sites for hydroxylation is 1. The van der Waals surface area contributed by atoms with Crippen LogP contribution < -0.4 is 5.32 Å². The zero-order valence-corrected chi connectivity index (χ0v) is 12.6. The summed E-state index contributed by atoms with van der Waals surface area (Å²) in [6, 6.07) is 0. The average Bonchev–Trinajstić information content (AvgIpc) is 3.04. The first-order valence-electron chi connectivity index (χ1n) is 6.81. The summed E-state index contributed by atoms with van der Waals surface area (Å²) in [6.07, 6.45) is 3.99. The van der Waals surface area contributed by atoms with E-state index >= 15 is 0 Å². The molecule has 1 saturated heterocycles. The van der Waals surface area contributed by atoms with Crippen molar-refractivity contribution in [2.24, 2.45) is 14.1 Å². The number of nitrogens with one attached hydrogen (secondary N) is 1. The zero-order chi connectivity index (χ0) is 13.9. The highest BCUT2D eigenvalue weighted by Gasteiger charge is 2.21. The fourth-order valence-electron chi connectivity index (χ4n) is 2.45. The van der Waals surface area contributed by atoms with Crippen molar-refractivity contribution >= 4 is 11.8 Å².